The van der Waals surface area contributed by atoms with Gasteiger partial charge in [-0.15, -0.1) is 0 Å². The second kappa shape index (κ2) is 7.73. The minimum Gasteiger partial charge on any atom is -0.435 e. The summed E-state index contributed by atoms with van der Waals surface area (Å²) in [5.74, 6) is 0.0380. The maximum Gasteiger partial charge on any atom is 0.387 e. The molecule has 1 amide bonds. The number of amides is 1. The summed E-state index contributed by atoms with van der Waals surface area (Å²) >= 11 is 0. The van der Waals surface area contributed by atoms with Gasteiger partial charge in [-0.3, -0.25) is 4.79 Å². The molecule has 6 heteroatoms. The van der Waals surface area contributed by atoms with Crippen LogP contribution in [0.5, 0.6) is 5.75 Å². The fraction of sp³-hybridized carbons (Fsp3) is 0.588. The van der Waals surface area contributed by atoms with E-state index in [0.717, 1.165) is 19.3 Å². The van der Waals surface area contributed by atoms with Gasteiger partial charge in [0, 0.05) is 19.7 Å². The molecule has 1 N–H and O–H groups in total. The molecule has 4 nitrogen and oxygen atoms in total. The Morgan fingerprint density at radius 3 is 2.65 bits per heavy atom. The first-order chi connectivity index (χ1) is 11.0. The molecule has 2 rings (SSSR count). The molecule has 1 heterocycles. The van der Waals surface area contributed by atoms with Crippen LogP contribution < -0.4 is 4.74 Å². The van der Waals surface area contributed by atoms with E-state index in [1.807, 2.05) is 0 Å². The highest BCUT2D eigenvalue weighted by Gasteiger charge is 2.33. The quantitative estimate of drug-likeness (QED) is 0.874. The van der Waals surface area contributed by atoms with Gasteiger partial charge in [-0.25, -0.2) is 0 Å². The largest absolute Gasteiger partial charge is 0.435 e. The number of ether oxygens (including phenoxy) is 1. The number of nitrogens with zero attached hydrogens (tertiary/aromatic N) is 1. The first-order valence-electron chi connectivity index (χ1n) is 7.90. The maximum atomic E-state index is 12.4. The highest BCUT2D eigenvalue weighted by atomic mass is 19.3. The van der Waals surface area contributed by atoms with Crippen LogP contribution in [0, 0.1) is 5.41 Å². The lowest BCUT2D eigenvalue weighted by molar-refractivity contribution is -0.133. The predicted molar refractivity (Wildman–Crippen MR) is 82.4 cm³/mol. The lowest BCUT2D eigenvalue weighted by Gasteiger charge is -2.40. The number of benzene rings is 1. The summed E-state index contributed by atoms with van der Waals surface area (Å²) in [5, 5.41) is 9.53. The Labute approximate surface area is 135 Å². The Balaban J connectivity index is 1.93. The minimum absolute atomic E-state index is 0.0261. The molecule has 1 aromatic rings. The zero-order valence-corrected chi connectivity index (χ0v) is 13.3. The molecule has 0 saturated carbocycles. The van der Waals surface area contributed by atoms with Gasteiger partial charge >= 0.3 is 6.61 Å². The third kappa shape index (κ3) is 4.64. The van der Waals surface area contributed by atoms with Gasteiger partial charge in [-0.05, 0) is 42.4 Å². The number of carbonyl (C=O) groups is 1. The van der Waals surface area contributed by atoms with Crippen LogP contribution >= 0.6 is 0 Å². The summed E-state index contributed by atoms with van der Waals surface area (Å²) in [6, 6.07) is 6.24. The molecule has 1 aliphatic rings. The monoisotopic (exact) mass is 327 g/mol. The molecule has 0 bridgehead atoms. The van der Waals surface area contributed by atoms with Crippen molar-refractivity contribution < 1.29 is 23.4 Å². The van der Waals surface area contributed by atoms with Crippen LogP contribution in [0.25, 0.3) is 0 Å². The van der Waals surface area contributed by atoms with E-state index in [4.69, 9.17) is 0 Å². The normalized spacial score (nSPS) is 17.3. The van der Waals surface area contributed by atoms with Crippen molar-refractivity contribution in [3.8, 4) is 5.75 Å². The average Bonchev–Trinajstić information content (AvgIpc) is 2.54. The van der Waals surface area contributed by atoms with Gasteiger partial charge in [0.05, 0.1) is 6.42 Å². The molecule has 128 valence electrons. The molecule has 1 fully saturated rings. The molecular formula is C17H23F2NO3. The van der Waals surface area contributed by atoms with E-state index in [-0.39, 0.29) is 30.1 Å². The van der Waals surface area contributed by atoms with E-state index in [0.29, 0.717) is 18.7 Å². The number of hydrogen-bond donors (Lipinski definition) is 1. The van der Waals surface area contributed by atoms with Crippen molar-refractivity contribution in [2.24, 2.45) is 5.41 Å². The van der Waals surface area contributed by atoms with Gasteiger partial charge < -0.3 is 14.7 Å². The summed E-state index contributed by atoms with van der Waals surface area (Å²) in [5.41, 5.74) is 0.588. The number of rotatable bonds is 6. The van der Waals surface area contributed by atoms with Crippen molar-refractivity contribution >= 4 is 5.91 Å². The van der Waals surface area contributed by atoms with Crippen molar-refractivity contribution in [3.05, 3.63) is 29.8 Å². The van der Waals surface area contributed by atoms with Gasteiger partial charge in [0.1, 0.15) is 5.75 Å². The molecule has 1 aliphatic heterocycles. The number of carbonyl (C=O) groups excluding carboxylic acids is 1. The molecule has 1 saturated heterocycles. The average molecular weight is 327 g/mol. The van der Waals surface area contributed by atoms with E-state index < -0.39 is 6.61 Å². The molecule has 0 unspecified atom stereocenters. The molecule has 0 atom stereocenters. The standard InChI is InChI=1S/C17H23F2NO3/c1-2-17(12-21)6-8-20(9-7-17)15(22)11-13-4-3-5-14(10-13)23-16(18)19/h3-5,10,16,21H,2,6-9,11-12H2,1H3. The van der Waals surface area contributed by atoms with Crippen molar-refractivity contribution in [2.45, 2.75) is 39.2 Å². The van der Waals surface area contributed by atoms with E-state index in [1.54, 1.807) is 17.0 Å². The van der Waals surface area contributed by atoms with E-state index in [2.05, 4.69) is 11.7 Å². The second-order valence-corrected chi connectivity index (χ2v) is 6.10. The first kappa shape index (κ1) is 17.7. The van der Waals surface area contributed by atoms with Crippen molar-refractivity contribution in [3.63, 3.8) is 0 Å². The van der Waals surface area contributed by atoms with Crippen molar-refractivity contribution in [1.82, 2.24) is 4.90 Å². The molecule has 23 heavy (non-hydrogen) atoms. The number of alkyl halides is 2. The summed E-state index contributed by atoms with van der Waals surface area (Å²) in [6.07, 6.45) is 2.65. The Bertz CT molecular complexity index is 522. The van der Waals surface area contributed by atoms with Crippen LogP contribution in [-0.4, -0.2) is 42.2 Å². The van der Waals surface area contributed by atoms with Gasteiger partial charge in [0.2, 0.25) is 5.91 Å². The van der Waals surface area contributed by atoms with E-state index in [1.165, 1.54) is 12.1 Å². The lowest BCUT2D eigenvalue weighted by Crippen LogP contribution is -2.44. The number of hydrogen-bond acceptors (Lipinski definition) is 3. The first-order valence-corrected chi connectivity index (χ1v) is 7.90. The summed E-state index contributed by atoms with van der Waals surface area (Å²) in [6.45, 7) is 0.588. The zero-order valence-electron chi connectivity index (χ0n) is 13.3. The third-order valence-corrected chi connectivity index (χ3v) is 4.74. The predicted octanol–water partition coefficient (Wildman–Crippen LogP) is 2.84. The molecule has 0 aromatic heterocycles. The van der Waals surface area contributed by atoms with Crippen LogP contribution in [0.3, 0.4) is 0 Å². The van der Waals surface area contributed by atoms with Gasteiger partial charge in [0.15, 0.2) is 0 Å². The fourth-order valence-electron chi connectivity index (χ4n) is 2.97. The molecule has 0 radical (unpaired) electrons. The SMILES string of the molecule is CCC1(CO)CCN(C(=O)Cc2cccc(OC(F)F)c2)CC1. The number of halogens is 2. The third-order valence-electron chi connectivity index (χ3n) is 4.74. The highest BCUT2D eigenvalue weighted by molar-refractivity contribution is 5.79. The Hall–Kier alpha value is -1.69. The highest BCUT2D eigenvalue weighted by Crippen LogP contribution is 2.34. The molecular weight excluding hydrogens is 304 g/mol. The minimum atomic E-state index is -2.87. The fourth-order valence-corrected chi connectivity index (χ4v) is 2.97. The number of aliphatic hydroxyl groups excluding tert-OH is 1. The molecule has 0 aliphatic carbocycles. The van der Waals surface area contributed by atoms with Crippen LogP contribution in [0.2, 0.25) is 0 Å². The zero-order chi connectivity index (χ0) is 16.9. The lowest BCUT2D eigenvalue weighted by atomic mass is 9.77. The van der Waals surface area contributed by atoms with E-state index in [9.17, 15) is 18.7 Å². The van der Waals surface area contributed by atoms with E-state index >= 15 is 0 Å². The smallest absolute Gasteiger partial charge is 0.387 e. The Morgan fingerprint density at radius 1 is 1.39 bits per heavy atom. The molecule has 0 spiro atoms. The summed E-state index contributed by atoms with van der Waals surface area (Å²) < 4.78 is 28.8. The summed E-state index contributed by atoms with van der Waals surface area (Å²) in [4.78, 5) is 14.1. The van der Waals surface area contributed by atoms with Crippen LogP contribution in [0.4, 0.5) is 8.78 Å². The Morgan fingerprint density at radius 2 is 2.09 bits per heavy atom. The van der Waals surface area contributed by atoms with Crippen molar-refractivity contribution in [2.75, 3.05) is 19.7 Å². The van der Waals surface area contributed by atoms with Gasteiger partial charge in [-0.1, -0.05) is 19.1 Å². The number of likely N-dealkylation sites (tertiary alicyclic amines) is 1. The molecule has 1 aromatic carbocycles. The topological polar surface area (TPSA) is 49.8 Å². The van der Waals surface area contributed by atoms with Crippen LogP contribution in [0.1, 0.15) is 31.7 Å². The Kier molecular flexibility index (Phi) is 5.93. The van der Waals surface area contributed by atoms with Crippen LogP contribution in [-0.2, 0) is 11.2 Å². The van der Waals surface area contributed by atoms with Gasteiger partial charge in [-0.2, -0.15) is 8.78 Å². The van der Waals surface area contributed by atoms with Crippen LogP contribution in [0.15, 0.2) is 24.3 Å². The van der Waals surface area contributed by atoms with Crippen molar-refractivity contribution in [1.29, 1.82) is 0 Å². The summed E-state index contributed by atoms with van der Waals surface area (Å²) in [7, 11) is 0. The number of aliphatic hydroxyl groups is 1. The van der Waals surface area contributed by atoms with Gasteiger partial charge in [0.25, 0.3) is 0 Å². The second-order valence-electron chi connectivity index (χ2n) is 6.10. The maximum absolute atomic E-state index is 12.4. The number of piperidine rings is 1.